The molecule has 1 aliphatic heterocycles. The van der Waals surface area contributed by atoms with Crippen molar-refractivity contribution in [3.63, 3.8) is 0 Å². The number of halogens is 2. The van der Waals surface area contributed by atoms with Crippen LogP contribution in [0.3, 0.4) is 0 Å². The highest BCUT2D eigenvalue weighted by molar-refractivity contribution is 7.89. The second-order valence-corrected chi connectivity index (χ2v) is 12.2. The Morgan fingerprint density at radius 2 is 1.57 bits per heavy atom. The Labute approximate surface area is 228 Å². The Bertz CT molecular complexity index is 1230. The van der Waals surface area contributed by atoms with E-state index >= 15 is 0 Å². The maximum absolute atomic E-state index is 12.9. The van der Waals surface area contributed by atoms with Gasteiger partial charge in [0.1, 0.15) is 0 Å². The lowest BCUT2D eigenvalue weighted by Crippen LogP contribution is -2.52. The number of rotatable bonds is 7. The highest BCUT2D eigenvalue weighted by atomic mass is 35.5. The highest BCUT2D eigenvalue weighted by Crippen LogP contribution is 2.31. The maximum atomic E-state index is 12.9. The van der Waals surface area contributed by atoms with Gasteiger partial charge in [-0.15, -0.1) is 0 Å². The molecule has 4 rings (SSSR count). The van der Waals surface area contributed by atoms with Gasteiger partial charge >= 0.3 is 6.03 Å². The molecule has 1 heterocycles. The van der Waals surface area contributed by atoms with Crippen LogP contribution in [0.2, 0.25) is 10.0 Å². The molecule has 0 unspecified atom stereocenters. The van der Waals surface area contributed by atoms with Crippen molar-refractivity contribution in [3.05, 3.63) is 52.5 Å². The van der Waals surface area contributed by atoms with Gasteiger partial charge in [0.05, 0.1) is 11.4 Å². The fourth-order valence-electron chi connectivity index (χ4n) is 4.84. The molecule has 1 aliphatic carbocycles. The van der Waals surface area contributed by atoms with Crippen LogP contribution in [0.4, 0.5) is 4.79 Å². The third-order valence-electron chi connectivity index (χ3n) is 6.92. The normalized spacial score (nSPS) is 17.4. The molecule has 2 aromatic rings. The van der Waals surface area contributed by atoms with Gasteiger partial charge in [0.2, 0.25) is 15.9 Å². The Hall–Kier alpha value is -2.33. The molecule has 1 saturated heterocycles. The molecule has 0 radical (unpaired) electrons. The molecular formula is C26H32Cl2N4O4S. The second-order valence-electron chi connectivity index (χ2n) is 9.58. The van der Waals surface area contributed by atoms with Crippen LogP contribution >= 0.6 is 23.2 Å². The summed E-state index contributed by atoms with van der Waals surface area (Å²) in [5.74, 6) is -0.300. The van der Waals surface area contributed by atoms with Gasteiger partial charge in [0.25, 0.3) is 0 Å². The zero-order valence-electron chi connectivity index (χ0n) is 20.5. The Morgan fingerprint density at radius 3 is 2.24 bits per heavy atom. The van der Waals surface area contributed by atoms with Crippen molar-refractivity contribution < 1.29 is 18.0 Å². The maximum Gasteiger partial charge on any atom is 0.315 e. The predicted octanol–water partition coefficient (Wildman–Crippen LogP) is 4.56. The van der Waals surface area contributed by atoms with Gasteiger partial charge in [-0.25, -0.2) is 17.9 Å². The summed E-state index contributed by atoms with van der Waals surface area (Å²) in [6.07, 6.45) is 6.83. The smallest absolute Gasteiger partial charge is 0.315 e. The molecule has 2 aromatic carbocycles. The summed E-state index contributed by atoms with van der Waals surface area (Å²) < 4.78 is 28.2. The number of carbonyl (C=O) groups excluding carboxylic acids is 2. The molecule has 8 nitrogen and oxygen atoms in total. The van der Waals surface area contributed by atoms with Crippen molar-refractivity contribution in [1.82, 2.24) is 20.3 Å². The number of carbonyl (C=O) groups is 2. The van der Waals surface area contributed by atoms with E-state index in [9.17, 15) is 18.0 Å². The summed E-state index contributed by atoms with van der Waals surface area (Å²) in [6, 6.07) is 11.5. The topological polar surface area (TPSA) is 108 Å². The highest BCUT2D eigenvalue weighted by Gasteiger charge is 2.26. The zero-order valence-corrected chi connectivity index (χ0v) is 22.8. The van der Waals surface area contributed by atoms with Crippen molar-refractivity contribution in [2.75, 3.05) is 19.6 Å². The van der Waals surface area contributed by atoms with E-state index in [-0.39, 0.29) is 35.5 Å². The van der Waals surface area contributed by atoms with Crippen LogP contribution in [-0.2, 0) is 14.8 Å². The molecule has 0 spiro atoms. The fraction of sp³-hybridized carbons (Fsp3) is 0.462. The zero-order chi connectivity index (χ0) is 26.4. The van der Waals surface area contributed by atoms with Crippen LogP contribution < -0.4 is 15.4 Å². The van der Waals surface area contributed by atoms with Gasteiger partial charge in [-0.05, 0) is 55.5 Å². The number of likely N-dealkylation sites (tertiary alicyclic amines) is 1. The first kappa shape index (κ1) is 27.7. The number of urea groups is 1. The Morgan fingerprint density at radius 1 is 0.892 bits per heavy atom. The largest absolute Gasteiger partial charge is 0.341 e. The van der Waals surface area contributed by atoms with E-state index in [1.807, 2.05) is 0 Å². The number of hydrogen-bond acceptors (Lipinski definition) is 4. The van der Waals surface area contributed by atoms with Crippen molar-refractivity contribution in [2.45, 2.75) is 61.9 Å². The number of amides is 3. The fourth-order valence-corrected chi connectivity index (χ4v) is 6.38. The predicted molar refractivity (Wildman–Crippen MR) is 145 cm³/mol. The van der Waals surface area contributed by atoms with Crippen molar-refractivity contribution in [1.29, 1.82) is 0 Å². The molecular weight excluding hydrogens is 535 g/mol. The molecule has 11 heteroatoms. The number of benzene rings is 2. The van der Waals surface area contributed by atoms with Gasteiger partial charge in [-0.2, -0.15) is 0 Å². The quantitative estimate of drug-likeness (QED) is 0.456. The SMILES string of the molecule is O=C(NC1CCCCC1)NC1CCN(C(=O)CNS(=O)(=O)c2cccc(-c3ccc(Cl)cc3Cl)c2)CC1. The van der Waals surface area contributed by atoms with E-state index in [2.05, 4.69) is 15.4 Å². The monoisotopic (exact) mass is 566 g/mol. The molecule has 1 saturated carbocycles. The standard InChI is InChI=1S/C26H32Cl2N4O4S/c27-19-9-10-23(24(28)16-19)18-5-4-8-22(15-18)37(35,36)29-17-25(33)32-13-11-21(12-14-32)31-26(34)30-20-6-2-1-3-7-20/h4-5,8-10,15-16,20-21,29H,1-3,6-7,11-14,17H2,(H2,30,31,34). The summed E-state index contributed by atoms with van der Waals surface area (Å²) in [5, 5.41) is 6.96. The average molecular weight is 568 g/mol. The first-order valence-corrected chi connectivity index (χ1v) is 14.8. The van der Waals surface area contributed by atoms with Gasteiger partial charge in [-0.3, -0.25) is 4.79 Å². The van der Waals surface area contributed by atoms with Gasteiger partial charge in [0, 0.05) is 40.8 Å². The average Bonchev–Trinajstić information content (AvgIpc) is 2.88. The summed E-state index contributed by atoms with van der Waals surface area (Å²) in [5.41, 5.74) is 1.28. The molecule has 3 amide bonds. The lowest BCUT2D eigenvalue weighted by molar-refractivity contribution is -0.131. The second kappa shape index (κ2) is 12.5. The van der Waals surface area contributed by atoms with Gasteiger partial charge in [-0.1, -0.05) is 60.7 Å². The Kier molecular flexibility index (Phi) is 9.34. The van der Waals surface area contributed by atoms with Crippen LogP contribution in [0.25, 0.3) is 11.1 Å². The van der Waals surface area contributed by atoms with Crippen LogP contribution in [-0.4, -0.2) is 57.0 Å². The van der Waals surface area contributed by atoms with E-state index in [1.54, 1.807) is 35.2 Å². The molecule has 0 aromatic heterocycles. The van der Waals surface area contributed by atoms with E-state index in [4.69, 9.17) is 23.2 Å². The molecule has 0 bridgehead atoms. The molecule has 3 N–H and O–H groups in total. The number of nitrogens with zero attached hydrogens (tertiary/aromatic N) is 1. The third kappa shape index (κ3) is 7.60. The van der Waals surface area contributed by atoms with E-state index in [0.29, 0.717) is 47.1 Å². The van der Waals surface area contributed by atoms with Gasteiger partial charge < -0.3 is 15.5 Å². The van der Waals surface area contributed by atoms with Crippen LogP contribution in [0, 0.1) is 0 Å². The van der Waals surface area contributed by atoms with Crippen LogP contribution in [0.15, 0.2) is 47.4 Å². The minimum atomic E-state index is -3.92. The van der Waals surface area contributed by atoms with E-state index < -0.39 is 10.0 Å². The number of piperidine rings is 1. The summed E-state index contributed by atoms with van der Waals surface area (Å²) in [7, 11) is -3.92. The lowest BCUT2D eigenvalue weighted by Gasteiger charge is -2.33. The summed E-state index contributed by atoms with van der Waals surface area (Å²) in [4.78, 5) is 26.7. The lowest BCUT2D eigenvalue weighted by atomic mass is 9.96. The summed E-state index contributed by atoms with van der Waals surface area (Å²) in [6.45, 7) is 0.577. The van der Waals surface area contributed by atoms with Crippen molar-refractivity contribution in [2.24, 2.45) is 0 Å². The minimum Gasteiger partial charge on any atom is -0.341 e. The first-order chi connectivity index (χ1) is 17.7. The molecule has 0 atom stereocenters. The molecule has 2 aliphatic rings. The number of nitrogens with one attached hydrogen (secondary N) is 3. The number of hydrogen-bond donors (Lipinski definition) is 3. The third-order valence-corrected chi connectivity index (χ3v) is 8.87. The first-order valence-electron chi connectivity index (χ1n) is 12.6. The summed E-state index contributed by atoms with van der Waals surface area (Å²) >= 11 is 12.2. The van der Waals surface area contributed by atoms with E-state index in [1.165, 1.54) is 18.6 Å². The van der Waals surface area contributed by atoms with Crippen molar-refractivity contribution in [3.8, 4) is 11.1 Å². The minimum absolute atomic E-state index is 0.00763. The Balaban J connectivity index is 1.26. The van der Waals surface area contributed by atoms with Crippen LogP contribution in [0.1, 0.15) is 44.9 Å². The van der Waals surface area contributed by atoms with E-state index in [0.717, 1.165) is 25.7 Å². The van der Waals surface area contributed by atoms with Gasteiger partial charge in [0.15, 0.2) is 0 Å². The van der Waals surface area contributed by atoms with Crippen LogP contribution in [0.5, 0.6) is 0 Å². The van der Waals surface area contributed by atoms with Crippen molar-refractivity contribution >= 4 is 45.2 Å². The molecule has 37 heavy (non-hydrogen) atoms. The molecule has 2 fully saturated rings. The number of sulfonamides is 1. The molecule has 200 valence electrons.